The smallest absolute Gasteiger partial charge is 0.0312 e. The Bertz CT molecular complexity index is 241. The number of rotatable bonds is 3. The summed E-state index contributed by atoms with van der Waals surface area (Å²) in [4.78, 5) is 2.80. The highest BCUT2D eigenvalue weighted by Crippen LogP contribution is 2.53. The highest BCUT2D eigenvalue weighted by Gasteiger charge is 2.56. The number of alkyl halides is 1. The number of hydrogen-bond acceptors (Lipinski definition) is 1. The summed E-state index contributed by atoms with van der Waals surface area (Å²) in [6.45, 7) is 5.24. The number of fused-ring (bicyclic) bond motifs is 1. The van der Waals surface area contributed by atoms with Gasteiger partial charge in [-0.2, -0.15) is 0 Å². The molecule has 0 aromatic carbocycles. The van der Waals surface area contributed by atoms with Crippen molar-refractivity contribution in [2.24, 2.45) is 11.3 Å². The molecule has 0 N–H and O–H groups in total. The molecule has 1 nitrogen and oxygen atoms in total. The molecule has 2 aliphatic heterocycles. The van der Waals surface area contributed by atoms with E-state index in [9.17, 15) is 0 Å². The molecule has 0 unspecified atom stereocenters. The van der Waals surface area contributed by atoms with Crippen LogP contribution < -0.4 is 0 Å². The summed E-state index contributed by atoms with van der Waals surface area (Å²) in [5, 5.41) is 1.20. The van der Waals surface area contributed by atoms with Crippen LogP contribution in [0.5, 0.6) is 0 Å². The molecule has 2 saturated carbocycles. The van der Waals surface area contributed by atoms with Crippen molar-refractivity contribution in [3.05, 3.63) is 0 Å². The quantitative estimate of drug-likeness (QED) is 0.703. The van der Waals surface area contributed by atoms with Gasteiger partial charge in [0.1, 0.15) is 0 Å². The van der Waals surface area contributed by atoms with Crippen LogP contribution in [0.25, 0.3) is 0 Å². The van der Waals surface area contributed by atoms with Gasteiger partial charge in [-0.05, 0) is 37.0 Å². The molecule has 14 heavy (non-hydrogen) atoms. The number of hydrogen-bond donors (Lipinski definition) is 0. The van der Waals surface area contributed by atoms with Gasteiger partial charge in [-0.15, -0.1) is 0 Å². The summed E-state index contributed by atoms with van der Waals surface area (Å²) in [5.74, 6) is 1.04. The molecular weight excluding hydrogens is 238 g/mol. The lowest BCUT2D eigenvalue weighted by Gasteiger charge is -2.47. The second-order valence-corrected chi connectivity index (χ2v) is 6.74. The van der Waals surface area contributed by atoms with Crippen molar-refractivity contribution in [1.82, 2.24) is 4.90 Å². The maximum atomic E-state index is 3.72. The van der Waals surface area contributed by atoms with Crippen LogP contribution in [-0.4, -0.2) is 28.9 Å². The maximum Gasteiger partial charge on any atom is 0.0312 e. The van der Waals surface area contributed by atoms with Gasteiger partial charge in [0.25, 0.3) is 0 Å². The highest BCUT2D eigenvalue weighted by atomic mass is 79.9. The van der Waals surface area contributed by atoms with E-state index in [1.54, 1.807) is 0 Å². The molecule has 0 atom stereocenters. The van der Waals surface area contributed by atoms with Crippen LogP contribution in [0.2, 0.25) is 0 Å². The first-order valence-corrected chi connectivity index (χ1v) is 7.09. The molecule has 2 heteroatoms. The third kappa shape index (κ3) is 1.23. The van der Waals surface area contributed by atoms with Crippen LogP contribution in [0.3, 0.4) is 0 Å². The van der Waals surface area contributed by atoms with Crippen LogP contribution in [-0.2, 0) is 0 Å². The van der Waals surface area contributed by atoms with Gasteiger partial charge in [0.05, 0.1) is 0 Å². The summed E-state index contributed by atoms with van der Waals surface area (Å²) in [5.41, 5.74) is 1.26. The molecule has 4 aliphatic rings. The van der Waals surface area contributed by atoms with Crippen molar-refractivity contribution < 1.29 is 0 Å². The fraction of sp³-hybridized carbons (Fsp3) is 1.00. The van der Waals surface area contributed by atoms with Gasteiger partial charge in [0.2, 0.25) is 0 Å². The van der Waals surface area contributed by atoms with Crippen molar-refractivity contribution in [3.63, 3.8) is 0 Å². The Morgan fingerprint density at radius 3 is 2.57 bits per heavy atom. The molecule has 2 saturated heterocycles. The topological polar surface area (TPSA) is 3.24 Å². The van der Waals surface area contributed by atoms with E-state index in [0.29, 0.717) is 11.0 Å². The Hall–Kier alpha value is 0.440. The molecule has 2 bridgehead atoms. The van der Waals surface area contributed by atoms with E-state index < -0.39 is 0 Å². The van der Waals surface area contributed by atoms with Crippen LogP contribution in [0.4, 0.5) is 0 Å². The standard InChI is InChI=1S/C12H20BrN/c1-11(3-2-4-11)9-14-7-10-5-12(14,6-10)8-13/h10H,2-9H2,1H3. The molecule has 4 fully saturated rings. The van der Waals surface area contributed by atoms with E-state index in [2.05, 4.69) is 27.8 Å². The summed E-state index contributed by atoms with van der Waals surface area (Å²) in [6, 6.07) is 0. The molecule has 0 spiro atoms. The molecule has 80 valence electrons. The van der Waals surface area contributed by atoms with Crippen LogP contribution in [0, 0.1) is 11.3 Å². The van der Waals surface area contributed by atoms with Crippen molar-refractivity contribution >= 4 is 15.9 Å². The van der Waals surface area contributed by atoms with Crippen LogP contribution in [0.15, 0.2) is 0 Å². The average Bonchev–Trinajstić information content (AvgIpc) is 2.54. The summed E-state index contributed by atoms with van der Waals surface area (Å²) < 4.78 is 0. The van der Waals surface area contributed by atoms with Gasteiger partial charge in [0.15, 0.2) is 0 Å². The predicted molar refractivity (Wildman–Crippen MR) is 62.8 cm³/mol. The number of nitrogens with zero attached hydrogens (tertiary/aromatic N) is 1. The molecule has 4 rings (SSSR count). The van der Waals surface area contributed by atoms with Crippen LogP contribution in [0.1, 0.15) is 39.0 Å². The van der Waals surface area contributed by atoms with E-state index >= 15 is 0 Å². The first kappa shape index (κ1) is 9.65. The van der Waals surface area contributed by atoms with E-state index in [0.717, 1.165) is 5.92 Å². The number of halogens is 1. The average molecular weight is 258 g/mol. The third-order valence-corrected chi connectivity index (χ3v) is 5.91. The minimum absolute atomic E-state index is 0.587. The molecule has 0 radical (unpaired) electrons. The Morgan fingerprint density at radius 1 is 1.36 bits per heavy atom. The normalized spacial score (nSPS) is 44.6. The van der Waals surface area contributed by atoms with Gasteiger partial charge < -0.3 is 0 Å². The second-order valence-electron chi connectivity index (χ2n) is 6.18. The van der Waals surface area contributed by atoms with E-state index in [4.69, 9.17) is 0 Å². The van der Waals surface area contributed by atoms with Crippen molar-refractivity contribution in [3.8, 4) is 0 Å². The minimum atomic E-state index is 0.587. The zero-order valence-electron chi connectivity index (χ0n) is 9.06. The fourth-order valence-electron chi connectivity index (χ4n) is 3.73. The zero-order chi connectivity index (χ0) is 9.81. The monoisotopic (exact) mass is 257 g/mol. The van der Waals surface area contributed by atoms with Crippen molar-refractivity contribution in [2.75, 3.05) is 18.4 Å². The van der Waals surface area contributed by atoms with Gasteiger partial charge >= 0.3 is 0 Å². The van der Waals surface area contributed by atoms with Gasteiger partial charge in [0, 0.05) is 24.0 Å². The van der Waals surface area contributed by atoms with Gasteiger partial charge in [-0.25, -0.2) is 0 Å². The Morgan fingerprint density at radius 2 is 2.07 bits per heavy atom. The third-order valence-electron chi connectivity index (χ3n) is 4.87. The van der Waals surface area contributed by atoms with Gasteiger partial charge in [-0.3, -0.25) is 4.90 Å². The molecule has 2 aliphatic carbocycles. The predicted octanol–water partition coefficient (Wildman–Crippen LogP) is 3.04. The summed E-state index contributed by atoms with van der Waals surface area (Å²) in [7, 11) is 0. The van der Waals surface area contributed by atoms with Crippen LogP contribution >= 0.6 is 15.9 Å². The molecule has 2 heterocycles. The SMILES string of the molecule is CC1(CN2CC3CC2(CBr)C3)CCC1. The lowest BCUT2D eigenvalue weighted by atomic mass is 9.69. The Balaban J connectivity index is 1.68. The Labute approximate surface area is 95.4 Å². The lowest BCUT2D eigenvalue weighted by Crippen LogP contribution is -2.51. The van der Waals surface area contributed by atoms with Crippen molar-refractivity contribution in [1.29, 1.82) is 0 Å². The summed E-state index contributed by atoms with van der Waals surface area (Å²) in [6.07, 6.45) is 7.33. The zero-order valence-corrected chi connectivity index (χ0v) is 10.6. The highest BCUT2D eigenvalue weighted by molar-refractivity contribution is 9.09. The lowest BCUT2D eigenvalue weighted by molar-refractivity contribution is 0.0456. The maximum absolute atomic E-state index is 3.72. The second kappa shape index (κ2) is 2.98. The first-order chi connectivity index (χ1) is 6.66. The molecule has 0 aromatic heterocycles. The largest absolute Gasteiger partial charge is 0.296 e. The molecular formula is C12H20BrN. The van der Waals surface area contributed by atoms with Gasteiger partial charge in [-0.1, -0.05) is 29.3 Å². The fourth-order valence-corrected chi connectivity index (χ4v) is 4.55. The minimum Gasteiger partial charge on any atom is -0.296 e. The van der Waals surface area contributed by atoms with E-state index in [1.165, 1.54) is 50.5 Å². The first-order valence-electron chi connectivity index (χ1n) is 5.97. The van der Waals surface area contributed by atoms with E-state index in [1.807, 2.05) is 0 Å². The molecule has 0 aromatic rings. The Kier molecular flexibility index (Phi) is 2.05. The van der Waals surface area contributed by atoms with Crippen molar-refractivity contribution in [2.45, 2.75) is 44.6 Å². The summed E-state index contributed by atoms with van der Waals surface area (Å²) >= 11 is 3.72. The molecule has 0 amide bonds. The van der Waals surface area contributed by atoms with E-state index in [-0.39, 0.29) is 0 Å².